The highest BCUT2D eigenvalue weighted by Gasteiger charge is 2.12. The molecule has 0 fully saturated rings. The van der Waals surface area contributed by atoms with Gasteiger partial charge in [0.25, 0.3) is 5.91 Å². The third-order valence-corrected chi connectivity index (χ3v) is 4.14. The van der Waals surface area contributed by atoms with Crippen molar-refractivity contribution in [3.63, 3.8) is 0 Å². The Morgan fingerprint density at radius 2 is 1.79 bits per heavy atom. The molecule has 1 amide bonds. The van der Waals surface area contributed by atoms with Gasteiger partial charge in [0.1, 0.15) is 5.82 Å². The summed E-state index contributed by atoms with van der Waals surface area (Å²) >= 11 is 8.29. The SMILES string of the molecule is O=C(NC(=S)Nc1ccc(Br)cc1F)c1cccc2ccccc12. The minimum atomic E-state index is -0.467. The summed E-state index contributed by atoms with van der Waals surface area (Å²) < 4.78 is 14.4. The van der Waals surface area contributed by atoms with E-state index in [-0.39, 0.29) is 16.7 Å². The second-order valence-corrected chi connectivity index (χ2v) is 6.38. The summed E-state index contributed by atoms with van der Waals surface area (Å²) in [6.45, 7) is 0. The van der Waals surface area contributed by atoms with E-state index in [1.807, 2.05) is 36.4 Å². The molecule has 0 bridgehead atoms. The average Bonchev–Trinajstić information content (AvgIpc) is 2.57. The molecule has 0 aromatic heterocycles. The van der Waals surface area contributed by atoms with Gasteiger partial charge in [0.15, 0.2) is 5.11 Å². The van der Waals surface area contributed by atoms with Gasteiger partial charge in [-0.25, -0.2) is 4.39 Å². The van der Waals surface area contributed by atoms with Crippen LogP contribution in [0.4, 0.5) is 10.1 Å². The van der Waals surface area contributed by atoms with Crippen molar-refractivity contribution in [3.8, 4) is 0 Å². The van der Waals surface area contributed by atoms with E-state index >= 15 is 0 Å². The first-order valence-corrected chi connectivity index (χ1v) is 8.30. The molecule has 6 heteroatoms. The van der Waals surface area contributed by atoms with Crippen LogP contribution < -0.4 is 10.6 Å². The number of anilines is 1. The third-order valence-electron chi connectivity index (χ3n) is 3.44. The molecule has 2 N–H and O–H groups in total. The number of halogens is 2. The summed E-state index contributed by atoms with van der Waals surface area (Å²) in [5.74, 6) is -0.812. The van der Waals surface area contributed by atoms with E-state index in [4.69, 9.17) is 12.2 Å². The highest BCUT2D eigenvalue weighted by Crippen LogP contribution is 2.20. The first-order valence-electron chi connectivity index (χ1n) is 7.10. The molecule has 3 rings (SSSR count). The van der Waals surface area contributed by atoms with Gasteiger partial charge < -0.3 is 5.32 Å². The maximum Gasteiger partial charge on any atom is 0.258 e. The molecule has 0 spiro atoms. The van der Waals surface area contributed by atoms with Crippen molar-refractivity contribution in [2.75, 3.05) is 5.32 Å². The van der Waals surface area contributed by atoms with Crippen LogP contribution in [0.5, 0.6) is 0 Å². The Kier molecular flexibility index (Phi) is 4.87. The second-order valence-electron chi connectivity index (χ2n) is 5.06. The molecule has 0 heterocycles. The lowest BCUT2D eigenvalue weighted by atomic mass is 10.0. The van der Waals surface area contributed by atoms with Crippen LogP contribution in [0, 0.1) is 5.82 Å². The Labute approximate surface area is 152 Å². The number of carbonyl (C=O) groups is 1. The normalized spacial score (nSPS) is 10.4. The number of thiocarbonyl (C=S) groups is 1. The van der Waals surface area contributed by atoms with Crippen LogP contribution in [0.25, 0.3) is 10.8 Å². The Bertz CT molecular complexity index is 940. The zero-order valence-corrected chi connectivity index (χ0v) is 14.7. The Balaban J connectivity index is 1.77. The van der Waals surface area contributed by atoms with Crippen LogP contribution in [-0.2, 0) is 0 Å². The molecule has 0 saturated carbocycles. The molecule has 3 aromatic carbocycles. The molecule has 0 saturated heterocycles. The van der Waals surface area contributed by atoms with E-state index in [1.165, 1.54) is 12.1 Å². The van der Waals surface area contributed by atoms with Gasteiger partial charge in [-0.05, 0) is 47.3 Å². The predicted molar refractivity (Wildman–Crippen MR) is 102 cm³/mol. The lowest BCUT2D eigenvalue weighted by Crippen LogP contribution is -2.34. The molecule has 3 aromatic rings. The number of fused-ring (bicyclic) bond motifs is 1. The number of nitrogens with one attached hydrogen (secondary N) is 2. The molecule has 24 heavy (non-hydrogen) atoms. The van der Waals surface area contributed by atoms with Crippen LogP contribution in [0.15, 0.2) is 65.1 Å². The molecular weight excluding hydrogens is 391 g/mol. The van der Waals surface area contributed by atoms with Crippen molar-refractivity contribution >= 4 is 55.6 Å². The summed E-state index contributed by atoms with van der Waals surface area (Å²) in [6, 6.07) is 17.6. The minimum absolute atomic E-state index is 0.0363. The summed E-state index contributed by atoms with van der Waals surface area (Å²) in [6.07, 6.45) is 0. The average molecular weight is 403 g/mol. The topological polar surface area (TPSA) is 41.1 Å². The van der Waals surface area contributed by atoms with Crippen molar-refractivity contribution in [3.05, 3.63) is 76.5 Å². The van der Waals surface area contributed by atoms with Crippen LogP contribution in [0.2, 0.25) is 0 Å². The Morgan fingerprint density at radius 1 is 1.04 bits per heavy atom. The van der Waals surface area contributed by atoms with Gasteiger partial charge in [-0.2, -0.15) is 0 Å². The largest absolute Gasteiger partial charge is 0.330 e. The number of rotatable bonds is 2. The van der Waals surface area contributed by atoms with Crippen LogP contribution in [0.3, 0.4) is 0 Å². The van der Waals surface area contributed by atoms with Gasteiger partial charge in [0.05, 0.1) is 5.69 Å². The monoisotopic (exact) mass is 402 g/mol. The lowest BCUT2D eigenvalue weighted by Gasteiger charge is -2.11. The van der Waals surface area contributed by atoms with E-state index in [1.54, 1.807) is 12.1 Å². The van der Waals surface area contributed by atoms with E-state index < -0.39 is 5.82 Å². The lowest BCUT2D eigenvalue weighted by molar-refractivity contribution is 0.0979. The number of benzene rings is 3. The number of carbonyl (C=O) groups excluding carboxylic acids is 1. The van der Waals surface area contributed by atoms with Gasteiger partial charge in [-0.15, -0.1) is 0 Å². The molecule has 0 aliphatic heterocycles. The van der Waals surface area contributed by atoms with Crippen molar-refractivity contribution < 1.29 is 9.18 Å². The molecule has 120 valence electrons. The molecule has 3 nitrogen and oxygen atoms in total. The fourth-order valence-electron chi connectivity index (χ4n) is 2.34. The quantitative estimate of drug-likeness (QED) is 0.600. The van der Waals surface area contributed by atoms with Crippen LogP contribution in [-0.4, -0.2) is 11.0 Å². The van der Waals surface area contributed by atoms with Crippen molar-refractivity contribution in [2.45, 2.75) is 0 Å². The zero-order valence-electron chi connectivity index (χ0n) is 12.3. The highest BCUT2D eigenvalue weighted by atomic mass is 79.9. The standard InChI is InChI=1S/C18H12BrFN2OS/c19-12-8-9-16(15(20)10-12)21-18(24)22-17(23)14-7-3-5-11-4-1-2-6-13(11)14/h1-10H,(H2,21,22,23,24). The van der Waals surface area contributed by atoms with Crippen LogP contribution >= 0.6 is 28.1 Å². The maximum absolute atomic E-state index is 13.8. The summed E-state index contributed by atoms with van der Waals surface area (Å²) in [7, 11) is 0. The van der Waals surface area contributed by atoms with E-state index in [9.17, 15) is 9.18 Å². The van der Waals surface area contributed by atoms with E-state index in [2.05, 4.69) is 26.6 Å². The van der Waals surface area contributed by atoms with Gasteiger partial charge in [0, 0.05) is 10.0 Å². The maximum atomic E-state index is 13.8. The van der Waals surface area contributed by atoms with E-state index in [0.29, 0.717) is 10.0 Å². The van der Waals surface area contributed by atoms with Crippen LogP contribution in [0.1, 0.15) is 10.4 Å². The summed E-state index contributed by atoms with van der Waals surface area (Å²) in [4.78, 5) is 12.5. The molecule has 0 aliphatic carbocycles. The number of hydrogen-bond acceptors (Lipinski definition) is 2. The number of hydrogen-bond donors (Lipinski definition) is 2. The van der Waals surface area contributed by atoms with Gasteiger partial charge in [-0.3, -0.25) is 10.1 Å². The van der Waals surface area contributed by atoms with Gasteiger partial charge >= 0.3 is 0 Å². The minimum Gasteiger partial charge on any atom is -0.330 e. The van der Waals surface area contributed by atoms with Crippen molar-refractivity contribution in [2.24, 2.45) is 0 Å². The summed E-state index contributed by atoms with van der Waals surface area (Å²) in [5.41, 5.74) is 0.704. The zero-order chi connectivity index (χ0) is 17.1. The van der Waals surface area contributed by atoms with Gasteiger partial charge in [0.2, 0.25) is 0 Å². The third kappa shape index (κ3) is 3.60. The first-order chi connectivity index (χ1) is 11.5. The highest BCUT2D eigenvalue weighted by molar-refractivity contribution is 9.10. The molecule has 0 atom stereocenters. The fourth-order valence-corrected chi connectivity index (χ4v) is 2.87. The van der Waals surface area contributed by atoms with Crippen molar-refractivity contribution in [1.82, 2.24) is 5.32 Å². The summed E-state index contributed by atoms with van der Waals surface area (Å²) in [5, 5.41) is 7.10. The number of amides is 1. The molecule has 0 radical (unpaired) electrons. The fraction of sp³-hybridized carbons (Fsp3) is 0. The predicted octanol–water partition coefficient (Wildman–Crippen LogP) is 4.87. The van der Waals surface area contributed by atoms with E-state index in [0.717, 1.165) is 10.8 Å². The molecular formula is C18H12BrFN2OS. The Morgan fingerprint density at radius 3 is 2.58 bits per heavy atom. The van der Waals surface area contributed by atoms with Crippen molar-refractivity contribution in [1.29, 1.82) is 0 Å². The molecule has 0 unspecified atom stereocenters. The smallest absolute Gasteiger partial charge is 0.258 e. The second kappa shape index (κ2) is 7.07. The Hall–Kier alpha value is -2.31. The van der Waals surface area contributed by atoms with Gasteiger partial charge in [-0.1, -0.05) is 52.3 Å². The first kappa shape index (κ1) is 16.5. The molecule has 0 aliphatic rings.